The summed E-state index contributed by atoms with van der Waals surface area (Å²) in [7, 11) is 1.66. The van der Waals surface area contributed by atoms with Gasteiger partial charge in [0.2, 0.25) is 5.91 Å². The number of carbonyl (C=O) groups is 1. The molecular weight excluding hydrogens is 278 g/mol. The summed E-state index contributed by atoms with van der Waals surface area (Å²) < 4.78 is 7.50. The second kappa shape index (κ2) is 5.16. The van der Waals surface area contributed by atoms with Crippen LogP contribution in [0.25, 0.3) is 0 Å². The molecule has 2 aliphatic heterocycles. The zero-order valence-electron chi connectivity index (χ0n) is 12.6. The second-order valence-electron chi connectivity index (χ2n) is 5.95. The fraction of sp³-hybridized carbons (Fsp3) is 0.412. The zero-order chi connectivity index (χ0) is 15.1. The van der Waals surface area contributed by atoms with Crippen molar-refractivity contribution in [2.75, 3.05) is 12.4 Å². The number of nitrogens with one attached hydrogen (secondary N) is 1. The third-order valence-corrected chi connectivity index (χ3v) is 4.58. The molecule has 5 heteroatoms. The zero-order valence-corrected chi connectivity index (χ0v) is 12.6. The molecule has 0 unspecified atom stereocenters. The number of benzene rings is 1. The Labute approximate surface area is 129 Å². The molecule has 1 amide bonds. The minimum absolute atomic E-state index is 0.0111. The van der Waals surface area contributed by atoms with Crippen molar-refractivity contribution in [2.45, 2.75) is 38.1 Å². The van der Waals surface area contributed by atoms with Crippen molar-refractivity contribution in [3.63, 3.8) is 0 Å². The van der Waals surface area contributed by atoms with E-state index >= 15 is 0 Å². The van der Waals surface area contributed by atoms with E-state index in [-0.39, 0.29) is 11.8 Å². The van der Waals surface area contributed by atoms with Crippen LogP contribution in [0.4, 0.5) is 5.82 Å². The van der Waals surface area contributed by atoms with Crippen molar-refractivity contribution >= 4 is 11.7 Å². The molecule has 3 heterocycles. The highest BCUT2D eigenvalue weighted by Crippen LogP contribution is 2.39. The summed E-state index contributed by atoms with van der Waals surface area (Å²) in [4.78, 5) is 17.0. The SMILES string of the molecule is COc1cccc([C@H]2CC(=O)Nc3c2nc2n3CCCC2)c1. The van der Waals surface area contributed by atoms with Gasteiger partial charge in [0.15, 0.2) is 0 Å². The fourth-order valence-corrected chi connectivity index (χ4v) is 3.48. The first-order valence-electron chi connectivity index (χ1n) is 7.79. The van der Waals surface area contributed by atoms with Crippen LogP contribution in [0.5, 0.6) is 5.75 Å². The average Bonchev–Trinajstić information content (AvgIpc) is 2.93. The van der Waals surface area contributed by atoms with Gasteiger partial charge in [-0.05, 0) is 30.5 Å². The Balaban J connectivity index is 1.82. The Morgan fingerprint density at radius 2 is 2.27 bits per heavy atom. The molecule has 0 bridgehead atoms. The number of fused-ring (bicyclic) bond motifs is 3. The van der Waals surface area contributed by atoms with Crippen LogP contribution in [0.15, 0.2) is 24.3 Å². The lowest BCUT2D eigenvalue weighted by molar-refractivity contribution is -0.116. The number of imidazole rings is 1. The van der Waals surface area contributed by atoms with E-state index in [1.54, 1.807) is 7.11 Å². The molecule has 1 aromatic heterocycles. The van der Waals surface area contributed by atoms with E-state index in [1.807, 2.05) is 24.3 Å². The van der Waals surface area contributed by atoms with Crippen molar-refractivity contribution in [3.05, 3.63) is 41.3 Å². The highest BCUT2D eigenvalue weighted by Gasteiger charge is 2.33. The summed E-state index contributed by atoms with van der Waals surface area (Å²) in [5.74, 6) is 2.89. The number of ether oxygens (including phenoxy) is 1. The average molecular weight is 297 g/mol. The van der Waals surface area contributed by atoms with Crippen molar-refractivity contribution in [3.8, 4) is 5.75 Å². The van der Waals surface area contributed by atoms with Gasteiger partial charge in [-0.15, -0.1) is 0 Å². The van der Waals surface area contributed by atoms with Crippen LogP contribution in [-0.2, 0) is 17.8 Å². The summed E-state index contributed by atoms with van der Waals surface area (Å²) in [5, 5.41) is 3.03. The van der Waals surface area contributed by atoms with Gasteiger partial charge in [-0.25, -0.2) is 4.98 Å². The summed E-state index contributed by atoms with van der Waals surface area (Å²) >= 11 is 0. The Hall–Kier alpha value is -2.30. The number of methoxy groups -OCH3 is 1. The molecule has 4 rings (SSSR count). The van der Waals surface area contributed by atoms with Gasteiger partial charge in [0.05, 0.1) is 12.8 Å². The highest BCUT2D eigenvalue weighted by atomic mass is 16.5. The molecule has 5 nitrogen and oxygen atoms in total. The molecular formula is C17H19N3O2. The number of amides is 1. The van der Waals surface area contributed by atoms with E-state index in [9.17, 15) is 4.79 Å². The lowest BCUT2D eigenvalue weighted by Crippen LogP contribution is -2.25. The highest BCUT2D eigenvalue weighted by molar-refractivity contribution is 5.94. The van der Waals surface area contributed by atoms with E-state index in [1.165, 1.54) is 6.42 Å². The number of rotatable bonds is 2. The number of hydrogen-bond acceptors (Lipinski definition) is 3. The molecule has 2 aliphatic rings. The summed E-state index contributed by atoms with van der Waals surface area (Å²) in [6.07, 6.45) is 3.76. The number of hydrogen-bond donors (Lipinski definition) is 1. The van der Waals surface area contributed by atoms with E-state index in [4.69, 9.17) is 9.72 Å². The van der Waals surface area contributed by atoms with Crippen LogP contribution in [0.1, 0.15) is 42.3 Å². The van der Waals surface area contributed by atoms with Gasteiger partial charge >= 0.3 is 0 Å². The maximum atomic E-state index is 12.2. The summed E-state index contributed by atoms with van der Waals surface area (Å²) in [5.41, 5.74) is 2.09. The van der Waals surface area contributed by atoms with Crippen LogP contribution in [0.2, 0.25) is 0 Å². The molecule has 2 aromatic rings. The Morgan fingerprint density at radius 1 is 1.36 bits per heavy atom. The maximum absolute atomic E-state index is 12.2. The van der Waals surface area contributed by atoms with Gasteiger partial charge in [-0.2, -0.15) is 0 Å². The third-order valence-electron chi connectivity index (χ3n) is 4.58. The number of carbonyl (C=O) groups excluding carboxylic acids is 1. The first-order valence-corrected chi connectivity index (χ1v) is 7.79. The van der Waals surface area contributed by atoms with Crippen molar-refractivity contribution < 1.29 is 9.53 Å². The first-order chi connectivity index (χ1) is 10.8. The Bertz CT molecular complexity index is 736. The molecule has 1 N–H and O–H groups in total. The van der Waals surface area contributed by atoms with Gasteiger partial charge in [0, 0.05) is 25.3 Å². The van der Waals surface area contributed by atoms with Crippen LogP contribution < -0.4 is 10.1 Å². The molecule has 0 saturated carbocycles. The Morgan fingerprint density at radius 3 is 3.14 bits per heavy atom. The minimum Gasteiger partial charge on any atom is -0.497 e. The minimum atomic E-state index is 0.0111. The summed E-state index contributed by atoms with van der Waals surface area (Å²) in [6, 6.07) is 7.95. The van der Waals surface area contributed by atoms with Crippen LogP contribution in [0.3, 0.4) is 0 Å². The number of aryl methyl sites for hydroxylation is 1. The number of anilines is 1. The standard InChI is InChI=1S/C17H19N3O2/c1-22-12-6-4-5-11(9-12)13-10-15(21)19-17-16(13)18-14-7-2-3-8-20(14)17/h4-6,9,13H,2-3,7-8,10H2,1H3,(H,19,21)/t13-/m1/s1. The van der Waals surface area contributed by atoms with Gasteiger partial charge in [0.1, 0.15) is 17.4 Å². The van der Waals surface area contributed by atoms with E-state index in [0.29, 0.717) is 6.42 Å². The lowest BCUT2D eigenvalue weighted by Gasteiger charge is -2.24. The number of aromatic nitrogens is 2. The fourth-order valence-electron chi connectivity index (χ4n) is 3.48. The van der Waals surface area contributed by atoms with Gasteiger partial charge in [0.25, 0.3) is 0 Å². The molecule has 0 aliphatic carbocycles. The lowest BCUT2D eigenvalue weighted by atomic mass is 9.90. The van der Waals surface area contributed by atoms with Crippen molar-refractivity contribution in [2.24, 2.45) is 0 Å². The predicted octanol–water partition coefficient (Wildman–Crippen LogP) is 2.70. The Kier molecular flexibility index (Phi) is 3.13. The molecule has 1 aromatic carbocycles. The molecule has 114 valence electrons. The summed E-state index contributed by atoms with van der Waals surface area (Å²) in [6.45, 7) is 0.947. The quantitative estimate of drug-likeness (QED) is 0.927. The van der Waals surface area contributed by atoms with E-state index < -0.39 is 0 Å². The van der Waals surface area contributed by atoms with E-state index in [0.717, 1.165) is 48.0 Å². The number of nitrogens with zero attached hydrogens (tertiary/aromatic N) is 2. The van der Waals surface area contributed by atoms with Crippen LogP contribution in [0, 0.1) is 0 Å². The molecule has 0 radical (unpaired) electrons. The normalized spacial score (nSPS) is 20.0. The van der Waals surface area contributed by atoms with Gasteiger partial charge < -0.3 is 14.6 Å². The smallest absolute Gasteiger partial charge is 0.226 e. The maximum Gasteiger partial charge on any atom is 0.226 e. The molecule has 0 fully saturated rings. The van der Waals surface area contributed by atoms with Crippen molar-refractivity contribution in [1.82, 2.24) is 9.55 Å². The van der Waals surface area contributed by atoms with E-state index in [2.05, 4.69) is 9.88 Å². The topological polar surface area (TPSA) is 56.1 Å². The third kappa shape index (κ3) is 2.08. The first kappa shape index (κ1) is 13.4. The predicted molar refractivity (Wildman–Crippen MR) is 83.2 cm³/mol. The second-order valence-corrected chi connectivity index (χ2v) is 5.95. The largest absolute Gasteiger partial charge is 0.497 e. The van der Waals surface area contributed by atoms with Gasteiger partial charge in [-0.3, -0.25) is 4.79 Å². The molecule has 1 atom stereocenters. The molecule has 22 heavy (non-hydrogen) atoms. The molecule has 0 spiro atoms. The van der Waals surface area contributed by atoms with Crippen LogP contribution in [-0.4, -0.2) is 22.6 Å². The van der Waals surface area contributed by atoms with Crippen LogP contribution >= 0.6 is 0 Å². The van der Waals surface area contributed by atoms with Gasteiger partial charge in [-0.1, -0.05) is 12.1 Å². The van der Waals surface area contributed by atoms with Crippen molar-refractivity contribution in [1.29, 1.82) is 0 Å². The molecule has 0 saturated heterocycles. The monoisotopic (exact) mass is 297 g/mol.